The summed E-state index contributed by atoms with van der Waals surface area (Å²) in [6.45, 7) is 3.47. The number of carbonyl (C=O) groups is 1. The molecule has 108 valence electrons. The molecular weight excluding hydrogens is 278 g/mol. The van der Waals surface area contributed by atoms with Crippen molar-refractivity contribution < 1.29 is 14.1 Å². The van der Waals surface area contributed by atoms with Gasteiger partial charge in [0.25, 0.3) is 5.89 Å². The molecule has 2 heterocycles. The summed E-state index contributed by atoms with van der Waals surface area (Å²) < 4.78 is 10.0. The number of aromatic nitrogens is 2. The van der Waals surface area contributed by atoms with Gasteiger partial charge in [0.15, 0.2) is 5.82 Å². The Kier molecular flexibility index (Phi) is 5.69. The molecule has 0 saturated heterocycles. The van der Waals surface area contributed by atoms with Gasteiger partial charge in [-0.15, -0.1) is 0 Å². The molecular formula is C13H17N3O3S. The van der Waals surface area contributed by atoms with Crippen molar-refractivity contribution in [2.24, 2.45) is 0 Å². The van der Waals surface area contributed by atoms with Gasteiger partial charge in [-0.1, -0.05) is 5.16 Å². The monoisotopic (exact) mass is 295 g/mol. The highest BCUT2D eigenvalue weighted by Gasteiger charge is 2.08. The highest BCUT2D eigenvalue weighted by molar-refractivity contribution is 7.08. The van der Waals surface area contributed by atoms with Gasteiger partial charge >= 0.3 is 5.97 Å². The number of esters is 1. The number of thiophene rings is 1. The van der Waals surface area contributed by atoms with E-state index in [-0.39, 0.29) is 5.97 Å². The highest BCUT2D eigenvalue weighted by Crippen LogP contribution is 2.19. The molecule has 2 aromatic heterocycles. The van der Waals surface area contributed by atoms with E-state index in [1.54, 1.807) is 18.3 Å². The predicted molar refractivity (Wildman–Crippen MR) is 75.2 cm³/mol. The first-order valence-corrected chi connectivity index (χ1v) is 7.45. The molecule has 2 rings (SSSR count). The molecule has 1 N–H and O–H groups in total. The second-order valence-electron chi connectivity index (χ2n) is 4.11. The molecule has 0 bridgehead atoms. The van der Waals surface area contributed by atoms with Crippen molar-refractivity contribution in [1.29, 1.82) is 0 Å². The Hall–Kier alpha value is -1.73. The topological polar surface area (TPSA) is 77.2 Å². The number of hydrogen-bond acceptors (Lipinski definition) is 7. The normalized spacial score (nSPS) is 10.7. The summed E-state index contributed by atoms with van der Waals surface area (Å²) in [6, 6.07) is 1.94. The molecule has 0 aliphatic carbocycles. The number of nitrogens with zero attached hydrogens (tertiary/aromatic N) is 2. The van der Waals surface area contributed by atoms with E-state index >= 15 is 0 Å². The summed E-state index contributed by atoms with van der Waals surface area (Å²) in [4.78, 5) is 15.4. The molecule has 0 aliphatic rings. The van der Waals surface area contributed by atoms with Crippen LogP contribution in [0.4, 0.5) is 0 Å². The van der Waals surface area contributed by atoms with Gasteiger partial charge in [0.2, 0.25) is 0 Å². The number of hydrogen-bond donors (Lipinski definition) is 1. The van der Waals surface area contributed by atoms with E-state index < -0.39 is 0 Å². The van der Waals surface area contributed by atoms with Crippen LogP contribution in [0, 0.1) is 0 Å². The Balaban J connectivity index is 1.66. The molecule has 0 radical (unpaired) electrons. The Morgan fingerprint density at radius 3 is 3.20 bits per heavy atom. The van der Waals surface area contributed by atoms with Crippen LogP contribution >= 0.6 is 11.3 Å². The summed E-state index contributed by atoms with van der Waals surface area (Å²) in [7, 11) is 0. The Morgan fingerprint density at radius 1 is 1.55 bits per heavy atom. The third-order valence-corrected chi connectivity index (χ3v) is 3.24. The van der Waals surface area contributed by atoms with Crippen molar-refractivity contribution >= 4 is 17.3 Å². The number of nitrogens with one attached hydrogen (secondary N) is 1. The van der Waals surface area contributed by atoms with E-state index in [1.165, 1.54) is 0 Å². The van der Waals surface area contributed by atoms with Crippen LogP contribution in [0.3, 0.4) is 0 Å². The molecule has 0 aliphatic heterocycles. The fourth-order valence-corrected chi connectivity index (χ4v) is 2.25. The summed E-state index contributed by atoms with van der Waals surface area (Å²) >= 11 is 1.59. The molecule has 0 atom stereocenters. The molecule has 0 aromatic carbocycles. The fourth-order valence-electron chi connectivity index (χ4n) is 1.62. The van der Waals surface area contributed by atoms with E-state index in [9.17, 15) is 4.79 Å². The van der Waals surface area contributed by atoms with Crippen LogP contribution in [0.5, 0.6) is 0 Å². The van der Waals surface area contributed by atoms with Crippen LogP contribution < -0.4 is 5.32 Å². The van der Waals surface area contributed by atoms with Gasteiger partial charge in [0.1, 0.15) is 0 Å². The first kappa shape index (κ1) is 14.7. The minimum absolute atomic E-state index is 0.159. The van der Waals surface area contributed by atoms with Crippen LogP contribution in [-0.2, 0) is 16.1 Å². The maximum atomic E-state index is 11.1. The average molecular weight is 295 g/mol. The first-order valence-electron chi connectivity index (χ1n) is 6.51. The molecule has 0 spiro atoms. The van der Waals surface area contributed by atoms with Crippen molar-refractivity contribution in [2.45, 2.75) is 26.3 Å². The van der Waals surface area contributed by atoms with Crippen LogP contribution in [0.15, 0.2) is 21.3 Å². The third kappa shape index (κ3) is 4.43. The first-order chi connectivity index (χ1) is 9.79. The summed E-state index contributed by atoms with van der Waals surface area (Å²) in [5, 5.41) is 11.0. The van der Waals surface area contributed by atoms with Crippen LogP contribution in [0.2, 0.25) is 0 Å². The van der Waals surface area contributed by atoms with Gasteiger partial charge in [-0.3, -0.25) is 4.79 Å². The fraction of sp³-hybridized carbons (Fsp3) is 0.462. The van der Waals surface area contributed by atoms with Crippen molar-refractivity contribution in [3.8, 4) is 11.5 Å². The SMILES string of the molecule is CCOC(=O)CCCNCc1noc(-c2ccsc2)n1. The minimum atomic E-state index is -0.159. The second-order valence-corrected chi connectivity index (χ2v) is 4.89. The molecule has 7 heteroatoms. The van der Waals surface area contributed by atoms with Crippen molar-refractivity contribution in [2.75, 3.05) is 13.2 Å². The summed E-state index contributed by atoms with van der Waals surface area (Å²) in [5.74, 6) is 0.991. The Labute approximate surface area is 121 Å². The number of carbonyl (C=O) groups excluding carboxylic acids is 1. The smallest absolute Gasteiger partial charge is 0.305 e. The van der Waals surface area contributed by atoms with Gasteiger partial charge in [-0.25, -0.2) is 0 Å². The van der Waals surface area contributed by atoms with Crippen molar-refractivity contribution in [3.63, 3.8) is 0 Å². The van der Waals surface area contributed by atoms with Gasteiger partial charge in [-0.2, -0.15) is 16.3 Å². The van der Waals surface area contributed by atoms with Crippen LogP contribution in [0.25, 0.3) is 11.5 Å². The average Bonchev–Trinajstić information content (AvgIpc) is 3.09. The van der Waals surface area contributed by atoms with E-state index in [2.05, 4.69) is 15.5 Å². The third-order valence-electron chi connectivity index (χ3n) is 2.56. The van der Waals surface area contributed by atoms with E-state index in [1.807, 2.05) is 16.8 Å². The summed E-state index contributed by atoms with van der Waals surface area (Å²) in [6.07, 6.45) is 1.15. The molecule has 0 amide bonds. The highest BCUT2D eigenvalue weighted by atomic mass is 32.1. The quantitative estimate of drug-likeness (QED) is 0.594. The molecule has 0 saturated carbocycles. The van der Waals surface area contributed by atoms with Gasteiger partial charge in [0, 0.05) is 11.8 Å². The van der Waals surface area contributed by atoms with E-state index in [0.29, 0.717) is 37.8 Å². The van der Waals surface area contributed by atoms with Crippen LogP contribution in [-0.4, -0.2) is 29.3 Å². The molecule has 6 nitrogen and oxygen atoms in total. The zero-order chi connectivity index (χ0) is 14.2. The lowest BCUT2D eigenvalue weighted by atomic mass is 10.3. The maximum absolute atomic E-state index is 11.1. The van der Waals surface area contributed by atoms with E-state index in [4.69, 9.17) is 9.26 Å². The lowest BCUT2D eigenvalue weighted by Crippen LogP contribution is -2.17. The molecule has 20 heavy (non-hydrogen) atoms. The van der Waals surface area contributed by atoms with Gasteiger partial charge in [-0.05, 0) is 31.3 Å². The molecule has 0 unspecified atom stereocenters. The maximum Gasteiger partial charge on any atom is 0.305 e. The standard InChI is InChI=1S/C13H17N3O3S/c1-2-18-12(17)4-3-6-14-8-11-15-13(19-16-11)10-5-7-20-9-10/h5,7,9,14H,2-4,6,8H2,1H3. The minimum Gasteiger partial charge on any atom is -0.466 e. The second kappa shape index (κ2) is 7.76. The number of ether oxygens (including phenoxy) is 1. The summed E-state index contributed by atoms with van der Waals surface area (Å²) in [5.41, 5.74) is 0.941. The molecule has 0 fully saturated rings. The Morgan fingerprint density at radius 2 is 2.45 bits per heavy atom. The number of rotatable bonds is 8. The predicted octanol–water partition coefficient (Wildman–Crippen LogP) is 2.23. The molecule has 2 aromatic rings. The van der Waals surface area contributed by atoms with E-state index in [0.717, 1.165) is 12.0 Å². The zero-order valence-corrected chi connectivity index (χ0v) is 12.1. The van der Waals surface area contributed by atoms with Crippen molar-refractivity contribution in [3.05, 3.63) is 22.7 Å². The lowest BCUT2D eigenvalue weighted by Gasteiger charge is -2.02. The Bertz CT molecular complexity index is 525. The lowest BCUT2D eigenvalue weighted by molar-refractivity contribution is -0.143. The van der Waals surface area contributed by atoms with Crippen LogP contribution in [0.1, 0.15) is 25.6 Å². The largest absolute Gasteiger partial charge is 0.466 e. The van der Waals surface area contributed by atoms with Gasteiger partial charge < -0.3 is 14.6 Å². The zero-order valence-electron chi connectivity index (χ0n) is 11.3. The van der Waals surface area contributed by atoms with Crippen molar-refractivity contribution in [1.82, 2.24) is 15.5 Å². The van der Waals surface area contributed by atoms with Gasteiger partial charge in [0.05, 0.1) is 18.7 Å².